The van der Waals surface area contributed by atoms with Crippen LogP contribution in [-0.4, -0.2) is 53.4 Å². The minimum Gasteiger partial charge on any atom is -0.324 e. The first kappa shape index (κ1) is 16.9. The minimum atomic E-state index is -3.54. The van der Waals surface area contributed by atoms with Crippen molar-refractivity contribution in [3.05, 3.63) is 17.8 Å². The number of aromatic amines is 1. The van der Waals surface area contributed by atoms with E-state index in [1.807, 2.05) is 5.38 Å². The Kier molecular flexibility index (Phi) is 4.83. The summed E-state index contributed by atoms with van der Waals surface area (Å²) in [4.78, 5) is 18.3. The third kappa shape index (κ3) is 4.10. The summed E-state index contributed by atoms with van der Waals surface area (Å²) in [5, 5.41) is 17.3. The number of thiazole rings is 1. The highest BCUT2D eigenvalue weighted by atomic mass is 32.2. The van der Waals surface area contributed by atoms with Gasteiger partial charge in [0.15, 0.2) is 0 Å². The standard InChI is InChI=1S/C13H18N6O3S2/c14-24(21,22)8-9-2-1-4-19(7-9)13(20)17-10-6-16-18-11(10)12-15-3-5-23-12/h3,5-6,9H,1-2,4,7-8H2,(H,16,18)(H,17,20)(H2,14,21,22). The number of nitrogens with zero attached hydrogens (tertiary/aromatic N) is 3. The topological polar surface area (TPSA) is 134 Å². The van der Waals surface area contributed by atoms with E-state index in [0.29, 0.717) is 24.5 Å². The number of urea groups is 1. The summed E-state index contributed by atoms with van der Waals surface area (Å²) in [6.45, 7) is 0.949. The average molecular weight is 370 g/mol. The van der Waals surface area contributed by atoms with E-state index in [9.17, 15) is 13.2 Å². The van der Waals surface area contributed by atoms with Crippen LogP contribution in [0.1, 0.15) is 12.8 Å². The van der Waals surface area contributed by atoms with Crippen molar-refractivity contribution in [3.8, 4) is 10.7 Å². The second-order valence-corrected chi connectivity index (χ2v) is 8.26. The first-order valence-electron chi connectivity index (χ1n) is 7.42. The Morgan fingerprint density at radius 2 is 2.38 bits per heavy atom. The molecule has 11 heteroatoms. The van der Waals surface area contributed by atoms with Gasteiger partial charge in [0.05, 0.1) is 17.6 Å². The maximum Gasteiger partial charge on any atom is 0.321 e. The minimum absolute atomic E-state index is 0.104. The van der Waals surface area contributed by atoms with Crippen LogP contribution in [0.2, 0.25) is 0 Å². The van der Waals surface area contributed by atoms with E-state index >= 15 is 0 Å². The van der Waals surface area contributed by atoms with Gasteiger partial charge in [-0.25, -0.2) is 23.3 Å². The van der Waals surface area contributed by atoms with Crippen LogP contribution < -0.4 is 10.5 Å². The van der Waals surface area contributed by atoms with Crippen molar-refractivity contribution < 1.29 is 13.2 Å². The molecular formula is C13H18N6O3S2. The van der Waals surface area contributed by atoms with Gasteiger partial charge in [0, 0.05) is 24.7 Å². The zero-order valence-corrected chi connectivity index (χ0v) is 14.4. The molecule has 1 atom stereocenters. The number of aromatic nitrogens is 3. The van der Waals surface area contributed by atoms with E-state index in [0.717, 1.165) is 17.8 Å². The number of nitrogens with two attached hydrogens (primary N) is 1. The Hall–Kier alpha value is -1.98. The van der Waals surface area contributed by atoms with Crippen molar-refractivity contribution in [1.29, 1.82) is 0 Å². The number of anilines is 1. The summed E-state index contributed by atoms with van der Waals surface area (Å²) >= 11 is 1.44. The maximum atomic E-state index is 12.5. The lowest BCUT2D eigenvalue weighted by atomic mass is 10.0. The lowest BCUT2D eigenvalue weighted by Crippen LogP contribution is -2.44. The zero-order chi connectivity index (χ0) is 17.2. The number of hydrogen-bond donors (Lipinski definition) is 3. The molecule has 0 spiro atoms. The van der Waals surface area contributed by atoms with Gasteiger partial charge >= 0.3 is 6.03 Å². The molecule has 0 aromatic carbocycles. The van der Waals surface area contributed by atoms with E-state index in [2.05, 4.69) is 20.5 Å². The second kappa shape index (κ2) is 6.87. The van der Waals surface area contributed by atoms with Crippen LogP contribution in [0, 0.1) is 5.92 Å². The fourth-order valence-electron chi connectivity index (χ4n) is 2.80. The summed E-state index contributed by atoms with van der Waals surface area (Å²) in [5.74, 6) is -0.241. The first-order valence-corrected chi connectivity index (χ1v) is 10.0. The van der Waals surface area contributed by atoms with Gasteiger partial charge in [0.2, 0.25) is 10.0 Å². The summed E-state index contributed by atoms with van der Waals surface area (Å²) in [7, 11) is -3.54. The fourth-order valence-corrected chi connectivity index (χ4v) is 4.37. The predicted molar refractivity (Wildman–Crippen MR) is 91.0 cm³/mol. The van der Waals surface area contributed by atoms with Crippen molar-refractivity contribution in [1.82, 2.24) is 20.1 Å². The molecule has 0 saturated carbocycles. The third-order valence-corrected chi connectivity index (χ3v) is 5.53. The molecular weight excluding hydrogens is 352 g/mol. The predicted octanol–water partition coefficient (Wildman–Crippen LogP) is 1.07. The molecule has 1 aliphatic rings. The van der Waals surface area contributed by atoms with E-state index in [1.54, 1.807) is 11.1 Å². The van der Waals surface area contributed by atoms with Gasteiger partial charge in [-0.2, -0.15) is 5.10 Å². The molecule has 0 radical (unpaired) electrons. The van der Waals surface area contributed by atoms with Gasteiger partial charge in [-0.15, -0.1) is 11.3 Å². The number of nitrogens with one attached hydrogen (secondary N) is 2. The van der Waals surface area contributed by atoms with Crippen LogP contribution in [-0.2, 0) is 10.0 Å². The van der Waals surface area contributed by atoms with Crippen molar-refractivity contribution in [2.24, 2.45) is 11.1 Å². The van der Waals surface area contributed by atoms with Crippen molar-refractivity contribution in [2.75, 3.05) is 24.2 Å². The molecule has 130 valence electrons. The molecule has 0 aliphatic carbocycles. The van der Waals surface area contributed by atoms with Crippen LogP contribution in [0.25, 0.3) is 10.7 Å². The largest absolute Gasteiger partial charge is 0.324 e. The van der Waals surface area contributed by atoms with Gasteiger partial charge in [-0.05, 0) is 18.8 Å². The Morgan fingerprint density at radius 1 is 1.54 bits per heavy atom. The molecule has 1 unspecified atom stereocenters. The SMILES string of the molecule is NS(=O)(=O)CC1CCCN(C(=O)Nc2cn[nH]c2-c2nccs2)C1. The Labute approximate surface area is 143 Å². The smallest absolute Gasteiger partial charge is 0.321 e. The Morgan fingerprint density at radius 3 is 3.08 bits per heavy atom. The molecule has 24 heavy (non-hydrogen) atoms. The first-order chi connectivity index (χ1) is 11.4. The molecule has 4 N–H and O–H groups in total. The van der Waals surface area contributed by atoms with Crippen LogP contribution in [0.3, 0.4) is 0 Å². The average Bonchev–Trinajstić information content (AvgIpc) is 3.16. The molecule has 1 saturated heterocycles. The monoisotopic (exact) mass is 370 g/mol. The Balaban J connectivity index is 1.66. The van der Waals surface area contributed by atoms with Gasteiger partial charge in [-0.3, -0.25) is 5.10 Å². The third-order valence-electron chi connectivity index (χ3n) is 3.80. The highest BCUT2D eigenvalue weighted by Crippen LogP contribution is 2.27. The van der Waals surface area contributed by atoms with Gasteiger partial charge in [0.1, 0.15) is 10.7 Å². The van der Waals surface area contributed by atoms with Crippen molar-refractivity contribution in [3.63, 3.8) is 0 Å². The number of amides is 2. The lowest BCUT2D eigenvalue weighted by molar-refractivity contribution is 0.183. The van der Waals surface area contributed by atoms with Crippen LogP contribution in [0.15, 0.2) is 17.8 Å². The fraction of sp³-hybridized carbons (Fsp3) is 0.462. The van der Waals surface area contributed by atoms with Crippen molar-refractivity contribution >= 4 is 33.1 Å². The van der Waals surface area contributed by atoms with Gasteiger partial charge in [0.25, 0.3) is 0 Å². The molecule has 2 aromatic rings. The number of likely N-dealkylation sites (tertiary alicyclic amines) is 1. The highest BCUT2D eigenvalue weighted by Gasteiger charge is 2.27. The summed E-state index contributed by atoms with van der Waals surface area (Å²) < 4.78 is 22.5. The summed E-state index contributed by atoms with van der Waals surface area (Å²) in [6, 6.07) is -0.284. The van der Waals surface area contributed by atoms with Gasteiger partial charge < -0.3 is 10.2 Å². The molecule has 3 rings (SSSR count). The number of rotatable bonds is 4. The maximum absolute atomic E-state index is 12.5. The lowest BCUT2D eigenvalue weighted by Gasteiger charge is -2.32. The van der Waals surface area contributed by atoms with E-state index in [4.69, 9.17) is 5.14 Å². The normalized spacial score (nSPS) is 18.5. The van der Waals surface area contributed by atoms with Crippen LogP contribution in [0.5, 0.6) is 0 Å². The van der Waals surface area contributed by atoms with E-state index in [-0.39, 0.29) is 17.7 Å². The summed E-state index contributed by atoms with van der Waals surface area (Å²) in [6.07, 6.45) is 4.70. The molecule has 1 aliphatic heterocycles. The molecule has 9 nitrogen and oxygen atoms in total. The number of hydrogen-bond acceptors (Lipinski definition) is 6. The zero-order valence-electron chi connectivity index (χ0n) is 12.8. The summed E-state index contributed by atoms with van der Waals surface area (Å²) in [5.41, 5.74) is 1.19. The van der Waals surface area contributed by atoms with Crippen LogP contribution >= 0.6 is 11.3 Å². The molecule has 0 bridgehead atoms. The number of H-pyrrole nitrogens is 1. The second-order valence-electron chi connectivity index (χ2n) is 5.71. The van der Waals surface area contributed by atoms with E-state index < -0.39 is 10.0 Å². The quantitative estimate of drug-likeness (QED) is 0.740. The highest BCUT2D eigenvalue weighted by molar-refractivity contribution is 7.89. The number of sulfonamides is 1. The molecule has 3 heterocycles. The van der Waals surface area contributed by atoms with Crippen molar-refractivity contribution in [2.45, 2.75) is 12.8 Å². The molecule has 1 fully saturated rings. The molecule has 2 amide bonds. The molecule has 2 aromatic heterocycles. The van der Waals surface area contributed by atoms with E-state index in [1.165, 1.54) is 17.5 Å². The number of carbonyl (C=O) groups is 1. The number of primary sulfonamides is 1. The van der Waals surface area contributed by atoms with Crippen LogP contribution in [0.4, 0.5) is 10.5 Å². The number of piperidine rings is 1. The van der Waals surface area contributed by atoms with Gasteiger partial charge in [-0.1, -0.05) is 0 Å². The Bertz CT molecular complexity index is 802. The number of carbonyl (C=O) groups excluding carboxylic acids is 1.